The second-order valence-electron chi connectivity index (χ2n) is 6.41. The van der Waals surface area contributed by atoms with Crippen LogP contribution < -0.4 is 23.7 Å². The van der Waals surface area contributed by atoms with E-state index >= 15 is 0 Å². The largest absolute Gasteiger partial charge is 0.496 e. The van der Waals surface area contributed by atoms with Crippen LogP contribution in [0.4, 0.5) is 0 Å². The number of benzene rings is 2. The number of carbonyl (C=O) groups is 2. The third-order valence-corrected chi connectivity index (χ3v) is 5.45. The molecule has 7 nitrogen and oxygen atoms in total. The van der Waals surface area contributed by atoms with Crippen molar-refractivity contribution in [2.45, 2.75) is 0 Å². The average Bonchev–Trinajstić information content (AvgIpc) is 3.42. The molecule has 0 radical (unpaired) electrons. The predicted molar refractivity (Wildman–Crippen MR) is 115 cm³/mol. The Morgan fingerprint density at radius 3 is 2.39 bits per heavy atom. The topological polar surface area (TPSA) is 80.3 Å². The molecule has 1 aliphatic heterocycles. The normalized spacial score (nSPS) is 13.5. The molecule has 0 spiro atoms. The number of rotatable bonds is 6. The third-order valence-electron chi connectivity index (χ3n) is 4.60. The summed E-state index contributed by atoms with van der Waals surface area (Å²) in [7, 11) is 4.56. The zero-order valence-electron chi connectivity index (χ0n) is 17.0. The van der Waals surface area contributed by atoms with Crippen molar-refractivity contribution in [3.8, 4) is 28.7 Å². The van der Waals surface area contributed by atoms with Crippen LogP contribution >= 0.6 is 11.3 Å². The molecule has 0 N–H and O–H groups in total. The summed E-state index contributed by atoms with van der Waals surface area (Å²) >= 11 is 1.29. The molecule has 0 amide bonds. The van der Waals surface area contributed by atoms with Crippen molar-refractivity contribution >= 4 is 29.2 Å². The van der Waals surface area contributed by atoms with Crippen molar-refractivity contribution in [2.24, 2.45) is 0 Å². The molecule has 0 saturated carbocycles. The molecular weight excluding hydrogens is 420 g/mol. The lowest BCUT2D eigenvalue weighted by Crippen LogP contribution is -2.06. The number of fused-ring (bicyclic) bond motifs is 1. The van der Waals surface area contributed by atoms with Crippen molar-refractivity contribution < 1.29 is 33.3 Å². The fourth-order valence-electron chi connectivity index (χ4n) is 3.09. The summed E-state index contributed by atoms with van der Waals surface area (Å²) in [6.07, 6.45) is 1.57. The van der Waals surface area contributed by atoms with Crippen LogP contribution in [0.3, 0.4) is 0 Å². The highest BCUT2D eigenvalue weighted by molar-refractivity contribution is 7.12. The molecule has 158 valence electrons. The van der Waals surface area contributed by atoms with E-state index in [1.165, 1.54) is 38.7 Å². The molecule has 0 aliphatic carbocycles. The predicted octanol–water partition coefficient (Wildman–Crippen LogP) is 4.61. The minimum absolute atomic E-state index is 0.113. The number of ether oxygens (including phenoxy) is 5. The number of methoxy groups -OCH3 is 3. The van der Waals surface area contributed by atoms with Crippen molar-refractivity contribution in [1.82, 2.24) is 0 Å². The fraction of sp³-hybridized carbons (Fsp3) is 0.130. The van der Waals surface area contributed by atoms with Gasteiger partial charge in [0.15, 0.2) is 17.3 Å². The van der Waals surface area contributed by atoms with E-state index in [2.05, 4.69) is 0 Å². The zero-order valence-corrected chi connectivity index (χ0v) is 17.8. The van der Waals surface area contributed by atoms with E-state index in [0.29, 0.717) is 39.0 Å². The van der Waals surface area contributed by atoms with Crippen molar-refractivity contribution in [2.75, 3.05) is 21.3 Å². The molecule has 0 unspecified atom stereocenters. The SMILES string of the molecule is COc1cc(OC)c(OC)cc1/C=C1\Oc2cc(OC(=O)c3cccs3)ccc2C1=O. The molecule has 0 bridgehead atoms. The number of allylic oxidation sites excluding steroid dienone is 1. The van der Waals surface area contributed by atoms with Gasteiger partial charge in [0.05, 0.1) is 26.9 Å². The van der Waals surface area contributed by atoms with Crippen molar-refractivity contribution in [3.63, 3.8) is 0 Å². The van der Waals surface area contributed by atoms with Crippen LogP contribution in [0.2, 0.25) is 0 Å². The fourth-order valence-corrected chi connectivity index (χ4v) is 3.69. The summed E-state index contributed by atoms with van der Waals surface area (Å²) in [5.74, 6) is 1.43. The highest BCUT2D eigenvalue weighted by Gasteiger charge is 2.29. The zero-order chi connectivity index (χ0) is 22.0. The first-order valence-electron chi connectivity index (χ1n) is 9.18. The maximum atomic E-state index is 12.8. The first-order chi connectivity index (χ1) is 15.0. The van der Waals surface area contributed by atoms with Gasteiger partial charge in [-0.2, -0.15) is 0 Å². The van der Waals surface area contributed by atoms with Crippen LogP contribution in [0, 0.1) is 0 Å². The lowest BCUT2D eigenvalue weighted by molar-refractivity contribution is 0.0739. The number of hydrogen-bond donors (Lipinski definition) is 0. The van der Waals surface area contributed by atoms with E-state index in [1.807, 2.05) is 0 Å². The first kappa shape index (κ1) is 20.5. The van der Waals surface area contributed by atoms with E-state index in [1.54, 1.807) is 47.9 Å². The van der Waals surface area contributed by atoms with E-state index in [0.717, 1.165) is 0 Å². The van der Waals surface area contributed by atoms with E-state index in [9.17, 15) is 9.59 Å². The second-order valence-corrected chi connectivity index (χ2v) is 7.36. The first-order valence-corrected chi connectivity index (χ1v) is 10.1. The third kappa shape index (κ3) is 3.97. The standard InChI is InChI=1S/C23H18O7S/c1-26-16-12-19(28-3)18(27-2)9-13(16)10-20-22(24)15-7-6-14(11-17(15)30-20)29-23(25)21-5-4-8-31-21/h4-12H,1-3H3/b20-10-. The molecule has 31 heavy (non-hydrogen) atoms. The molecule has 0 fully saturated rings. The lowest BCUT2D eigenvalue weighted by atomic mass is 10.1. The van der Waals surface area contributed by atoms with Crippen LogP contribution in [-0.2, 0) is 0 Å². The van der Waals surface area contributed by atoms with E-state index < -0.39 is 5.97 Å². The highest BCUT2D eigenvalue weighted by Crippen LogP contribution is 2.39. The van der Waals surface area contributed by atoms with Gasteiger partial charge in [-0.3, -0.25) is 4.79 Å². The minimum Gasteiger partial charge on any atom is -0.496 e. The van der Waals surface area contributed by atoms with Crippen molar-refractivity contribution in [1.29, 1.82) is 0 Å². The summed E-state index contributed by atoms with van der Waals surface area (Å²) in [4.78, 5) is 25.4. The van der Waals surface area contributed by atoms with Crippen LogP contribution in [0.25, 0.3) is 6.08 Å². The van der Waals surface area contributed by atoms with Gasteiger partial charge in [-0.05, 0) is 35.7 Å². The maximum absolute atomic E-state index is 12.8. The molecule has 1 aliphatic rings. The van der Waals surface area contributed by atoms with Gasteiger partial charge in [0.1, 0.15) is 22.1 Å². The summed E-state index contributed by atoms with van der Waals surface area (Å²) in [6, 6.07) is 11.5. The number of thiophene rings is 1. The summed E-state index contributed by atoms with van der Waals surface area (Å²) < 4.78 is 27.2. The summed E-state index contributed by atoms with van der Waals surface area (Å²) in [5, 5.41) is 1.79. The number of esters is 1. The Kier molecular flexibility index (Phi) is 5.64. The Morgan fingerprint density at radius 1 is 0.968 bits per heavy atom. The number of Topliss-reactive ketones (excluding diaryl/α,β-unsaturated/α-hetero) is 1. The van der Waals surface area contributed by atoms with Gasteiger partial charge in [0.25, 0.3) is 0 Å². The highest BCUT2D eigenvalue weighted by atomic mass is 32.1. The smallest absolute Gasteiger partial charge is 0.353 e. The van der Waals surface area contributed by atoms with E-state index in [4.69, 9.17) is 23.7 Å². The van der Waals surface area contributed by atoms with Gasteiger partial charge in [-0.15, -0.1) is 11.3 Å². The number of ketones is 1. The van der Waals surface area contributed by atoms with Crippen molar-refractivity contribution in [3.05, 3.63) is 69.6 Å². The maximum Gasteiger partial charge on any atom is 0.353 e. The molecular formula is C23H18O7S. The molecule has 2 aromatic carbocycles. The van der Waals surface area contributed by atoms with Crippen LogP contribution in [0.15, 0.2) is 53.6 Å². The quantitative estimate of drug-likeness (QED) is 0.316. The molecule has 0 saturated heterocycles. The van der Waals surface area contributed by atoms with Crippen LogP contribution in [-0.4, -0.2) is 33.1 Å². The molecule has 0 atom stereocenters. The van der Waals surface area contributed by atoms with Gasteiger partial charge in [-0.25, -0.2) is 4.79 Å². The van der Waals surface area contributed by atoms with Gasteiger partial charge in [-0.1, -0.05) is 6.07 Å². The van der Waals surface area contributed by atoms with Gasteiger partial charge < -0.3 is 23.7 Å². The van der Waals surface area contributed by atoms with Crippen LogP contribution in [0.1, 0.15) is 25.6 Å². The molecule has 1 aromatic heterocycles. The minimum atomic E-state index is -0.467. The summed E-state index contributed by atoms with van der Waals surface area (Å²) in [5.41, 5.74) is 0.960. The summed E-state index contributed by atoms with van der Waals surface area (Å²) in [6.45, 7) is 0. The number of carbonyl (C=O) groups excluding carboxylic acids is 2. The number of hydrogen-bond acceptors (Lipinski definition) is 8. The van der Waals surface area contributed by atoms with Crippen LogP contribution in [0.5, 0.6) is 28.7 Å². The second kappa shape index (κ2) is 8.53. The molecule has 3 aromatic rings. The molecule has 4 rings (SSSR count). The Hall–Kier alpha value is -3.78. The monoisotopic (exact) mass is 438 g/mol. The van der Waals surface area contributed by atoms with Gasteiger partial charge in [0, 0.05) is 17.7 Å². The van der Waals surface area contributed by atoms with Gasteiger partial charge >= 0.3 is 5.97 Å². The Labute approximate surface area is 182 Å². The Balaban J connectivity index is 1.62. The van der Waals surface area contributed by atoms with E-state index in [-0.39, 0.29) is 17.3 Å². The lowest BCUT2D eigenvalue weighted by Gasteiger charge is -2.12. The average molecular weight is 438 g/mol. The Morgan fingerprint density at radius 2 is 1.71 bits per heavy atom. The van der Waals surface area contributed by atoms with Gasteiger partial charge in [0.2, 0.25) is 5.78 Å². The molecule has 8 heteroatoms. The molecule has 2 heterocycles. The Bertz CT molecular complexity index is 1180.